The Kier molecular flexibility index (Phi) is 4.17. The number of carbonyl (C=O) groups excluding carboxylic acids is 2. The van der Waals surface area contributed by atoms with Crippen LogP contribution in [0.5, 0.6) is 5.75 Å². The Balaban J connectivity index is 2.05. The monoisotopic (exact) mass is 340 g/mol. The van der Waals surface area contributed by atoms with Gasteiger partial charge in [0.25, 0.3) is 0 Å². The summed E-state index contributed by atoms with van der Waals surface area (Å²) in [6.07, 6.45) is 1.92. The Labute approximate surface area is 141 Å². The van der Waals surface area contributed by atoms with Gasteiger partial charge in [0, 0.05) is 5.56 Å². The largest absolute Gasteiger partial charge is 0.507 e. The van der Waals surface area contributed by atoms with Crippen molar-refractivity contribution in [2.75, 3.05) is 5.32 Å². The van der Waals surface area contributed by atoms with Crippen LogP contribution in [0.15, 0.2) is 48.7 Å². The van der Waals surface area contributed by atoms with Crippen molar-refractivity contribution in [1.29, 1.82) is 0 Å². The molecule has 4 N–H and O–H groups in total. The number of hydrogen-bond donors (Lipinski definition) is 3. The smallest absolute Gasteiger partial charge is 0.316 e. The molecule has 0 unspecified atom stereocenters. The number of phenols is 1. The first-order valence-corrected chi connectivity index (χ1v) is 7.18. The zero-order valence-corrected chi connectivity index (χ0v) is 12.8. The second kappa shape index (κ2) is 6.44. The number of benzene rings is 2. The molecule has 0 saturated carbocycles. The lowest BCUT2D eigenvalue weighted by atomic mass is 10.0. The minimum Gasteiger partial charge on any atom is -0.507 e. The third-order valence-corrected chi connectivity index (χ3v) is 3.49. The minimum atomic E-state index is -0.818. The molecule has 25 heavy (non-hydrogen) atoms. The predicted octanol–water partition coefficient (Wildman–Crippen LogP) is 2.69. The SMILES string of the molecule is NC(=O)Nc1cn(-c2cccc(-c3cc(F)ccc3O)c2)nc1C=O. The molecule has 0 spiro atoms. The summed E-state index contributed by atoms with van der Waals surface area (Å²) in [4.78, 5) is 22.1. The summed E-state index contributed by atoms with van der Waals surface area (Å²) in [6.45, 7) is 0. The number of aldehydes is 1. The van der Waals surface area contributed by atoms with Gasteiger partial charge < -0.3 is 16.2 Å². The molecule has 2 amide bonds. The maximum absolute atomic E-state index is 13.5. The van der Waals surface area contributed by atoms with Crippen LogP contribution in [0.4, 0.5) is 14.9 Å². The number of anilines is 1. The lowest BCUT2D eigenvalue weighted by molar-refractivity contribution is 0.111. The average molecular weight is 340 g/mol. The zero-order chi connectivity index (χ0) is 18.0. The van der Waals surface area contributed by atoms with Crippen molar-refractivity contribution in [3.8, 4) is 22.6 Å². The van der Waals surface area contributed by atoms with Gasteiger partial charge in [-0.25, -0.2) is 13.9 Å². The van der Waals surface area contributed by atoms with E-state index in [1.54, 1.807) is 24.3 Å². The van der Waals surface area contributed by atoms with Crippen LogP contribution in [-0.4, -0.2) is 27.2 Å². The van der Waals surface area contributed by atoms with Crippen LogP contribution >= 0.6 is 0 Å². The van der Waals surface area contributed by atoms with Crippen LogP contribution in [-0.2, 0) is 0 Å². The Morgan fingerprint density at radius 2 is 2.08 bits per heavy atom. The highest BCUT2D eigenvalue weighted by molar-refractivity contribution is 5.93. The Bertz CT molecular complexity index is 968. The van der Waals surface area contributed by atoms with E-state index in [1.807, 2.05) is 0 Å². The third-order valence-electron chi connectivity index (χ3n) is 3.49. The molecule has 0 bridgehead atoms. The number of halogens is 1. The Morgan fingerprint density at radius 3 is 2.80 bits per heavy atom. The number of aromatic hydroxyl groups is 1. The molecule has 7 nitrogen and oxygen atoms in total. The molecule has 0 aliphatic rings. The molecule has 0 radical (unpaired) electrons. The maximum Gasteiger partial charge on any atom is 0.316 e. The fourth-order valence-electron chi connectivity index (χ4n) is 2.39. The van der Waals surface area contributed by atoms with Gasteiger partial charge in [0.05, 0.1) is 17.6 Å². The molecule has 3 rings (SSSR count). The number of hydrogen-bond acceptors (Lipinski definition) is 4. The van der Waals surface area contributed by atoms with E-state index in [0.717, 1.165) is 6.07 Å². The van der Waals surface area contributed by atoms with Gasteiger partial charge in [0.2, 0.25) is 0 Å². The summed E-state index contributed by atoms with van der Waals surface area (Å²) in [5, 5.41) is 16.3. The molecule has 2 aromatic carbocycles. The molecule has 0 saturated heterocycles. The van der Waals surface area contributed by atoms with Crippen LogP contribution in [0.2, 0.25) is 0 Å². The summed E-state index contributed by atoms with van der Waals surface area (Å²) in [5.41, 5.74) is 6.66. The van der Waals surface area contributed by atoms with Gasteiger partial charge >= 0.3 is 6.03 Å². The number of primary amides is 1. The summed E-state index contributed by atoms with van der Waals surface area (Å²) < 4.78 is 14.8. The van der Waals surface area contributed by atoms with Crippen molar-refractivity contribution in [1.82, 2.24) is 9.78 Å². The van der Waals surface area contributed by atoms with Gasteiger partial charge in [-0.3, -0.25) is 4.79 Å². The first-order chi connectivity index (χ1) is 12.0. The van der Waals surface area contributed by atoms with Gasteiger partial charge in [0.15, 0.2) is 6.29 Å². The molecule has 0 atom stereocenters. The van der Waals surface area contributed by atoms with Crippen molar-refractivity contribution >= 4 is 18.0 Å². The Hall–Kier alpha value is -3.68. The summed E-state index contributed by atoms with van der Waals surface area (Å²) in [5.74, 6) is -0.544. The summed E-state index contributed by atoms with van der Waals surface area (Å²) >= 11 is 0. The van der Waals surface area contributed by atoms with Crippen LogP contribution in [0.1, 0.15) is 10.5 Å². The first-order valence-electron chi connectivity index (χ1n) is 7.18. The van der Waals surface area contributed by atoms with Crippen molar-refractivity contribution in [2.45, 2.75) is 0 Å². The third kappa shape index (κ3) is 3.32. The van der Waals surface area contributed by atoms with Gasteiger partial charge in [-0.05, 0) is 35.9 Å². The van der Waals surface area contributed by atoms with Crippen molar-refractivity contribution in [3.05, 3.63) is 60.2 Å². The molecule has 0 aliphatic heterocycles. The molecule has 3 aromatic rings. The fraction of sp³-hybridized carbons (Fsp3) is 0. The topological polar surface area (TPSA) is 110 Å². The quantitative estimate of drug-likeness (QED) is 0.634. The van der Waals surface area contributed by atoms with E-state index in [2.05, 4.69) is 10.4 Å². The van der Waals surface area contributed by atoms with Crippen LogP contribution in [0, 0.1) is 5.82 Å². The molecule has 8 heteroatoms. The molecule has 126 valence electrons. The highest BCUT2D eigenvalue weighted by Gasteiger charge is 2.12. The van der Waals surface area contributed by atoms with Crippen LogP contribution in [0.25, 0.3) is 16.8 Å². The summed E-state index contributed by atoms with van der Waals surface area (Å²) in [7, 11) is 0. The number of rotatable bonds is 4. The zero-order valence-electron chi connectivity index (χ0n) is 12.8. The highest BCUT2D eigenvalue weighted by Crippen LogP contribution is 2.31. The molecule has 1 aromatic heterocycles. The number of amides is 2. The second-order valence-corrected chi connectivity index (χ2v) is 5.19. The van der Waals surface area contributed by atoms with Gasteiger partial charge in [-0.1, -0.05) is 12.1 Å². The standard InChI is InChI=1S/C17H13FN4O3/c18-11-4-5-16(24)13(7-11)10-2-1-3-12(6-10)22-8-14(20-17(19)25)15(9-23)21-22/h1-9,24H,(H3,19,20,25). The highest BCUT2D eigenvalue weighted by atomic mass is 19.1. The first kappa shape index (κ1) is 16.2. The van der Waals surface area contributed by atoms with Crippen LogP contribution in [0.3, 0.4) is 0 Å². The van der Waals surface area contributed by atoms with E-state index >= 15 is 0 Å². The lowest BCUT2D eigenvalue weighted by Gasteiger charge is -2.08. The average Bonchev–Trinajstić information content (AvgIpc) is 2.99. The van der Waals surface area contributed by atoms with E-state index in [4.69, 9.17) is 5.73 Å². The van der Waals surface area contributed by atoms with Gasteiger partial charge in [0.1, 0.15) is 17.3 Å². The van der Waals surface area contributed by atoms with E-state index in [0.29, 0.717) is 23.1 Å². The van der Waals surface area contributed by atoms with Crippen molar-refractivity contribution < 1.29 is 19.1 Å². The number of nitrogens with one attached hydrogen (secondary N) is 1. The fourth-order valence-corrected chi connectivity index (χ4v) is 2.39. The van der Waals surface area contributed by atoms with E-state index in [1.165, 1.54) is 23.0 Å². The number of nitrogens with two attached hydrogens (primary N) is 1. The molecular formula is C17H13FN4O3. The van der Waals surface area contributed by atoms with Crippen molar-refractivity contribution in [2.24, 2.45) is 5.73 Å². The van der Waals surface area contributed by atoms with E-state index < -0.39 is 11.8 Å². The Morgan fingerprint density at radius 1 is 1.28 bits per heavy atom. The van der Waals surface area contributed by atoms with Gasteiger partial charge in [-0.15, -0.1) is 0 Å². The van der Waals surface area contributed by atoms with Gasteiger partial charge in [-0.2, -0.15) is 5.10 Å². The number of carbonyl (C=O) groups is 2. The number of urea groups is 1. The molecule has 1 heterocycles. The van der Waals surface area contributed by atoms with E-state index in [9.17, 15) is 19.1 Å². The molecular weight excluding hydrogens is 327 g/mol. The molecule has 0 aliphatic carbocycles. The second-order valence-electron chi connectivity index (χ2n) is 5.19. The lowest BCUT2D eigenvalue weighted by Crippen LogP contribution is -2.19. The number of phenolic OH excluding ortho intramolecular Hbond substituents is 1. The summed E-state index contributed by atoms with van der Waals surface area (Å²) in [6, 6.07) is 9.58. The van der Waals surface area contributed by atoms with E-state index in [-0.39, 0.29) is 17.1 Å². The van der Waals surface area contributed by atoms with Crippen molar-refractivity contribution in [3.63, 3.8) is 0 Å². The maximum atomic E-state index is 13.5. The normalized spacial score (nSPS) is 10.4. The number of aromatic nitrogens is 2. The number of nitrogens with zero attached hydrogens (tertiary/aromatic N) is 2. The van der Waals surface area contributed by atoms with Crippen LogP contribution < -0.4 is 11.1 Å². The molecule has 0 fully saturated rings. The predicted molar refractivity (Wildman–Crippen MR) is 89.2 cm³/mol. The minimum absolute atomic E-state index is 0.0119.